The van der Waals surface area contributed by atoms with E-state index < -0.39 is 10.8 Å². The van der Waals surface area contributed by atoms with Crippen molar-refractivity contribution < 1.29 is 19.2 Å². The number of carbonyl (C=O) groups is 1. The number of nitrogens with zero attached hydrogens (tertiary/aromatic N) is 2. The molecule has 8 nitrogen and oxygen atoms in total. The molecule has 3 rings (SSSR count). The molecule has 0 aliphatic heterocycles. The topological polar surface area (TPSA) is 104 Å². The molecule has 2 aromatic heterocycles. The molecule has 0 atom stereocenters. The van der Waals surface area contributed by atoms with Crippen LogP contribution in [0.1, 0.15) is 25.8 Å². The van der Waals surface area contributed by atoms with Gasteiger partial charge in [0.05, 0.1) is 35.8 Å². The third-order valence-electron chi connectivity index (χ3n) is 3.80. The highest BCUT2D eigenvalue weighted by Gasteiger charge is 2.25. The SMILES string of the molecule is COc1cc(C(=O)NCc2ccc(C)s2)c([N+](=O)[O-])cc1OCc1cscn1. The molecule has 0 aliphatic carbocycles. The van der Waals surface area contributed by atoms with Gasteiger partial charge in [-0.15, -0.1) is 22.7 Å². The quantitative estimate of drug-likeness (QED) is 0.438. The Morgan fingerprint density at radius 3 is 2.75 bits per heavy atom. The summed E-state index contributed by atoms with van der Waals surface area (Å²) in [5.74, 6) is -0.146. The lowest BCUT2D eigenvalue weighted by atomic mass is 10.1. The van der Waals surface area contributed by atoms with Crippen LogP contribution in [0.15, 0.2) is 35.2 Å². The fraction of sp³-hybridized carbons (Fsp3) is 0.222. The van der Waals surface area contributed by atoms with Crippen molar-refractivity contribution in [3.8, 4) is 11.5 Å². The number of nitro groups is 1. The summed E-state index contributed by atoms with van der Waals surface area (Å²) in [6.07, 6.45) is 0. The van der Waals surface area contributed by atoms with Gasteiger partial charge < -0.3 is 14.8 Å². The van der Waals surface area contributed by atoms with Crippen LogP contribution in [-0.2, 0) is 13.2 Å². The van der Waals surface area contributed by atoms with E-state index in [0.717, 1.165) is 9.75 Å². The van der Waals surface area contributed by atoms with E-state index in [1.54, 1.807) is 16.8 Å². The first kappa shape index (κ1) is 19.8. The predicted molar refractivity (Wildman–Crippen MR) is 106 cm³/mol. The zero-order valence-electron chi connectivity index (χ0n) is 15.1. The summed E-state index contributed by atoms with van der Waals surface area (Å²) < 4.78 is 10.9. The Hall–Kier alpha value is -2.98. The predicted octanol–water partition coefficient (Wildman–Crippen LogP) is 3.94. The second kappa shape index (κ2) is 8.81. The number of nitro benzene ring substituents is 1. The molecule has 0 spiro atoms. The monoisotopic (exact) mass is 419 g/mol. The molecular formula is C18H17N3O5S2. The van der Waals surface area contributed by atoms with Crippen molar-refractivity contribution >= 4 is 34.3 Å². The van der Waals surface area contributed by atoms with Gasteiger partial charge in [-0.2, -0.15) is 0 Å². The lowest BCUT2D eigenvalue weighted by Gasteiger charge is -2.12. The number of benzene rings is 1. The average Bonchev–Trinajstić information content (AvgIpc) is 3.35. The van der Waals surface area contributed by atoms with E-state index in [4.69, 9.17) is 9.47 Å². The Kier molecular flexibility index (Phi) is 6.22. The number of thiophene rings is 1. The molecule has 28 heavy (non-hydrogen) atoms. The second-order valence-electron chi connectivity index (χ2n) is 5.74. The normalized spacial score (nSPS) is 10.5. The van der Waals surface area contributed by atoms with Crippen LogP contribution in [0.5, 0.6) is 11.5 Å². The number of thiazole rings is 1. The average molecular weight is 419 g/mol. The van der Waals surface area contributed by atoms with Crippen molar-refractivity contribution in [3.63, 3.8) is 0 Å². The summed E-state index contributed by atoms with van der Waals surface area (Å²) in [5.41, 5.74) is 1.92. The Labute approximate surface area is 168 Å². The van der Waals surface area contributed by atoms with Crippen LogP contribution in [0.3, 0.4) is 0 Å². The van der Waals surface area contributed by atoms with Crippen LogP contribution in [0, 0.1) is 17.0 Å². The highest BCUT2D eigenvalue weighted by atomic mass is 32.1. The molecule has 146 valence electrons. The number of rotatable bonds is 8. The summed E-state index contributed by atoms with van der Waals surface area (Å²) in [4.78, 5) is 29.6. The minimum absolute atomic E-state index is 0.0869. The van der Waals surface area contributed by atoms with Crippen molar-refractivity contribution in [3.05, 3.63) is 66.3 Å². The molecule has 1 amide bonds. The van der Waals surface area contributed by atoms with Gasteiger partial charge in [0, 0.05) is 21.2 Å². The third kappa shape index (κ3) is 4.65. The molecule has 0 aliphatic rings. The van der Waals surface area contributed by atoms with Gasteiger partial charge >= 0.3 is 0 Å². The van der Waals surface area contributed by atoms with Crippen molar-refractivity contribution in [2.24, 2.45) is 0 Å². The summed E-state index contributed by atoms with van der Waals surface area (Å²) in [6, 6.07) is 6.38. The molecule has 2 heterocycles. The number of carbonyl (C=O) groups excluding carboxylic acids is 1. The van der Waals surface area contributed by atoms with E-state index in [1.165, 1.54) is 30.6 Å². The molecule has 0 radical (unpaired) electrons. The maximum Gasteiger partial charge on any atom is 0.286 e. The highest BCUT2D eigenvalue weighted by molar-refractivity contribution is 7.11. The molecule has 0 bridgehead atoms. The zero-order valence-corrected chi connectivity index (χ0v) is 16.8. The lowest BCUT2D eigenvalue weighted by molar-refractivity contribution is -0.385. The molecule has 0 saturated heterocycles. The van der Waals surface area contributed by atoms with Crippen molar-refractivity contribution in [2.45, 2.75) is 20.1 Å². The number of hydrogen-bond donors (Lipinski definition) is 1. The minimum Gasteiger partial charge on any atom is -0.493 e. The first-order chi connectivity index (χ1) is 13.5. The number of aromatic nitrogens is 1. The Morgan fingerprint density at radius 1 is 1.32 bits per heavy atom. The fourth-order valence-corrected chi connectivity index (χ4v) is 3.83. The molecular weight excluding hydrogens is 402 g/mol. The summed E-state index contributed by atoms with van der Waals surface area (Å²) >= 11 is 2.97. The van der Waals surface area contributed by atoms with Gasteiger partial charge in [-0.05, 0) is 19.1 Å². The van der Waals surface area contributed by atoms with Crippen LogP contribution in [-0.4, -0.2) is 22.9 Å². The highest BCUT2D eigenvalue weighted by Crippen LogP contribution is 2.35. The van der Waals surface area contributed by atoms with Gasteiger partial charge in [0.2, 0.25) is 0 Å². The van der Waals surface area contributed by atoms with Gasteiger partial charge in [0.15, 0.2) is 11.5 Å². The Balaban J connectivity index is 1.82. The van der Waals surface area contributed by atoms with E-state index in [-0.39, 0.29) is 29.4 Å². The van der Waals surface area contributed by atoms with Crippen LogP contribution in [0.25, 0.3) is 0 Å². The maximum atomic E-state index is 12.6. The first-order valence-electron chi connectivity index (χ1n) is 8.17. The molecule has 1 N–H and O–H groups in total. The van der Waals surface area contributed by atoms with Crippen LogP contribution in [0.2, 0.25) is 0 Å². The molecule has 0 fully saturated rings. The van der Waals surface area contributed by atoms with Crippen LogP contribution >= 0.6 is 22.7 Å². The Morgan fingerprint density at radius 2 is 2.14 bits per heavy atom. The van der Waals surface area contributed by atoms with Crippen molar-refractivity contribution in [1.29, 1.82) is 0 Å². The molecule has 3 aromatic rings. The standard InChI is InChI=1S/C18H17N3O5S2/c1-11-3-4-13(28-11)7-19-18(22)14-5-16(25-2)17(6-15(14)21(23)24)26-8-12-9-27-10-20-12/h3-6,9-10H,7-8H2,1-2H3,(H,19,22). The number of methoxy groups -OCH3 is 1. The molecule has 10 heteroatoms. The van der Waals surface area contributed by atoms with Crippen molar-refractivity contribution in [2.75, 3.05) is 7.11 Å². The lowest BCUT2D eigenvalue weighted by Crippen LogP contribution is -2.23. The minimum atomic E-state index is -0.612. The van der Waals surface area contributed by atoms with E-state index in [9.17, 15) is 14.9 Å². The molecule has 0 unspecified atom stereocenters. The summed E-state index contributed by atoms with van der Waals surface area (Å²) in [7, 11) is 1.41. The van der Waals surface area contributed by atoms with E-state index in [1.807, 2.05) is 24.4 Å². The number of hydrogen-bond acceptors (Lipinski definition) is 8. The number of ether oxygens (including phenoxy) is 2. The number of aryl methyl sites for hydroxylation is 1. The second-order valence-corrected chi connectivity index (χ2v) is 7.83. The summed E-state index contributed by atoms with van der Waals surface area (Å²) in [5, 5.41) is 16.0. The summed E-state index contributed by atoms with van der Waals surface area (Å²) in [6.45, 7) is 2.40. The third-order valence-corrected chi connectivity index (χ3v) is 5.44. The number of nitrogens with one attached hydrogen (secondary N) is 1. The zero-order chi connectivity index (χ0) is 20.1. The van der Waals surface area contributed by atoms with Crippen LogP contribution < -0.4 is 14.8 Å². The number of amides is 1. The van der Waals surface area contributed by atoms with Crippen molar-refractivity contribution in [1.82, 2.24) is 10.3 Å². The van der Waals surface area contributed by atoms with E-state index >= 15 is 0 Å². The van der Waals surface area contributed by atoms with Gasteiger partial charge in [0.25, 0.3) is 11.6 Å². The van der Waals surface area contributed by atoms with E-state index in [2.05, 4.69) is 10.3 Å². The Bertz CT molecular complexity index is 985. The fourth-order valence-electron chi connectivity index (χ4n) is 2.46. The van der Waals surface area contributed by atoms with Gasteiger partial charge in [-0.25, -0.2) is 4.98 Å². The van der Waals surface area contributed by atoms with Gasteiger partial charge in [0.1, 0.15) is 12.2 Å². The van der Waals surface area contributed by atoms with E-state index in [0.29, 0.717) is 12.2 Å². The van der Waals surface area contributed by atoms with Gasteiger partial charge in [-0.1, -0.05) is 0 Å². The van der Waals surface area contributed by atoms with Gasteiger partial charge in [-0.3, -0.25) is 14.9 Å². The molecule has 1 aromatic carbocycles. The molecule has 0 saturated carbocycles. The maximum absolute atomic E-state index is 12.6. The smallest absolute Gasteiger partial charge is 0.286 e. The first-order valence-corrected chi connectivity index (χ1v) is 9.93. The van der Waals surface area contributed by atoms with Crippen LogP contribution in [0.4, 0.5) is 5.69 Å². The largest absolute Gasteiger partial charge is 0.493 e.